The molecule has 15 heavy (non-hydrogen) atoms. The number of nitrogens with one attached hydrogen (secondary N) is 1. The van der Waals surface area contributed by atoms with Gasteiger partial charge in [-0.05, 0) is 6.92 Å². The van der Waals surface area contributed by atoms with Crippen LogP contribution in [0.3, 0.4) is 0 Å². The minimum Gasteiger partial charge on any atom is -0.480 e. The highest BCUT2D eigenvalue weighted by molar-refractivity contribution is 7.15. The number of halogens is 3. The number of aliphatic carboxylic acids is 1. The van der Waals surface area contributed by atoms with Crippen LogP contribution in [0.5, 0.6) is 0 Å². The van der Waals surface area contributed by atoms with Gasteiger partial charge in [0.2, 0.25) is 0 Å². The Bertz CT molecular complexity index is 363. The maximum absolute atomic E-state index is 12.1. The highest BCUT2D eigenvalue weighted by Crippen LogP contribution is 2.35. The molecular formula is C7H7F3N2O2S. The maximum atomic E-state index is 12.1. The van der Waals surface area contributed by atoms with E-state index in [2.05, 4.69) is 10.3 Å². The van der Waals surface area contributed by atoms with Crippen molar-refractivity contribution in [3.63, 3.8) is 0 Å². The molecule has 4 nitrogen and oxygen atoms in total. The molecule has 0 saturated heterocycles. The molecule has 1 unspecified atom stereocenters. The Hall–Kier alpha value is -1.31. The summed E-state index contributed by atoms with van der Waals surface area (Å²) >= 11 is 0.375. The number of thiazole rings is 1. The second kappa shape index (κ2) is 4.05. The molecule has 1 heterocycles. The minimum absolute atomic E-state index is 0.0581. The molecule has 0 spiro atoms. The Morgan fingerprint density at radius 3 is 2.67 bits per heavy atom. The number of hydrogen-bond acceptors (Lipinski definition) is 4. The van der Waals surface area contributed by atoms with Crippen molar-refractivity contribution in [2.75, 3.05) is 5.32 Å². The van der Waals surface area contributed by atoms with Gasteiger partial charge >= 0.3 is 12.1 Å². The second-order valence-electron chi connectivity index (χ2n) is 2.73. The highest BCUT2D eigenvalue weighted by Gasteiger charge is 2.33. The van der Waals surface area contributed by atoms with Crippen LogP contribution in [0.25, 0.3) is 0 Å². The Morgan fingerprint density at radius 2 is 2.27 bits per heavy atom. The summed E-state index contributed by atoms with van der Waals surface area (Å²) in [6, 6.07) is -0.975. The van der Waals surface area contributed by atoms with Crippen molar-refractivity contribution in [1.29, 1.82) is 0 Å². The number of anilines is 1. The molecule has 0 aliphatic rings. The molecule has 0 fully saturated rings. The van der Waals surface area contributed by atoms with Gasteiger partial charge in [0.05, 0.1) is 6.20 Å². The lowest BCUT2D eigenvalue weighted by Gasteiger charge is -2.06. The van der Waals surface area contributed by atoms with Crippen LogP contribution >= 0.6 is 11.3 Å². The molecule has 0 aliphatic carbocycles. The lowest BCUT2D eigenvalue weighted by molar-refractivity contribution is -0.137. The smallest absolute Gasteiger partial charge is 0.427 e. The molecule has 8 heteroatoms. The van der Waals surface area contributed by atoms with E-state index in [0.29, 0.717) is 17.5 Å². The summed E-state index contributed by atoms with van der Waals surface area (Å²) < 4.78 is 36.4. The number of rotatable bonds is 3. The summed E-state index contributed by atoms with van der Waals surface area (Å²) in [7, 11) is 0. The third-order valence-electron chi connectivity index (χ3n) is 1.50. The van der Waals surface area contributed by atoms with E-state index in [1.807, 2.05) is 0 Å². The summed E-state index contributed by atoms with van der Waals surface area (Å²) in [5.41, 5.74) is 0. The second-order valence-corrected chi connectivity index (χ2v) is 3.76. The Kier molecular flexibility index (Phi) is 3.18. The van der Waals surface area contributed by atoms with Crippen molar-refractivity contribution in [3.05, 3.63) is 11.1 Å². The number of nitrogens with zero attached hydrogens (tertiary/aromatic N) is 1. The van der Waals surface area contributed by atoms with Crippen molar-refractivity contribution >= 4 is 22.4 Å². The molecule has 2 N–H and O–H groups in total. The number of carboxylic acid groups (broad SMARTS) is 1. The molecule has 0 aromatic carbocycles. The number of aromatic nitrogens is 1. The van der Waals surface area contributed by atoms with Crippen molar-refractivity contribution in [2.45, 2.75) is 19.1 Å². The molecule has 0 saturated carbocycles. The zero-order valence-electron chi connectivity index (χ0n) is 7.50. The first-order chi connectivity index (χ1) is 6.80. The summed E-state index contributed by atoms with van der Waals surface area (Å²) in [6.45, 7) is 1.32. The molecule has 0 bridgehead atoms. The average Bonchev–Trinajstić information content (AvgIpc) is 2.51. The van der Waals surface area contributed by atoms with Gasteiger partial charge in [0, 0.05) is 0 Å². The first kappa shape index (κ1) is 11.8. The van der Waals surface area contributed by atoms with E-state index in [9.17, 15) is 18.0 Å². The zero-order chi connectivity index (χ0) is 11.6. The first-order valence-corrected chi connectivity index (χ1v) is 4.64. The standard InChI is InChI=1S/C7H7F3N2O2S/c1-3(5(13)14)12-6-11-2-4(15-6)7(8,9)10/h2-3H,1H3,(H,11,12)(H,13,14). The zero-order valence-corrected chi connectivity index (χ0v) is 8.32. The van der Waals surface area contributed by atoms with Crippen molar-refractivity contribution in [2.24, 2.45) is 0 Å². The van der Waals surface area contributed by atoms with Crippen molar-refractivity contribution < 1.29 is 23.1 Å². The maximum Gasteiger partial charge on any atom is 0.427 e. The van der Waals surface area contributed by atoms with Crippen LogP contribution in [0, 0.1) is 0 Å². The largest absolute Gasteiger partial charge is 0.480 e. The predicted octanol–water partition coefficient (Wildman–Crippen LogP) is 2.05. The quantitative estimate of drug-likeness (QED) is 0.848. The van der Waals surface area contributed by atoms with Crippen LogP contribution in [0.1, 0.15) is 11.8 Å². The molecule has 1 atom stereocenters. The van der Waals surface area contributed by atoms with E-state index in [0.717, 1.165) is 0 Å². The molecular weight excluding hydrogens is 233 g/mol. The lowest BCUT2D eigenvalue weighted by atomic mass is 10.4. The number of hydrogen-bond donors (Lipinski definition) is 2. The van der Waals surface area contributed by atoms with Gasteiger partial charge in [0.25, 0.3) is 0 Å². The van der Waals surface area contributed by atoms with Gasteiger partial charge in [0.15, 0.2) is 5.13 Å². The van der Waals surface area contributed by atoms with Crippen LogP contribution in [-0.4, -0.2) is 22.1 Å². The summed E-state index contributed by atoms with van der Waals surface area (Å²) in [5.74, 6) is -1.15. The van der Waals surface area contributed by atoms with Crippen LogP contribution in [-0.2, 0) is 11.0 Å². The van der Waals surface area contributed by atoms with Gasteiger partial charge in [-0.2, -0.15) is 13.2 Å². The average molecular weight is 240 g/mol. The fraction of sp³-hybridized carbons (Fsp3) is 0.429. The monoisotopic (exact) mass is 240 g/mol. The molecule has 0 aliphatic heterocycles. The third-order valence-corrected chi connectivity index (χ3v) is 2.47. The van der Waals surface area contributed by atoms with E-state index in [4.69, 9.17) is 5.11 Å². The summed E-state index contributed by atoms with van der Waals surface area (Å²) in [6.07, 6.45) is -3.77. The van der Waals surface area contributed by atoms with Crippen LogP contribution in [0.15, 0.2) is 6.20 Å². The predicted molar refractivity (Wildman–Crippen MR) is 47.8 cm³/mol. The summed E-state index contributed by atoms with van der Waals surface area (Å²) in [4.78, 5) is 13.0. The van der Waals surface area contributed by atoms with Crippen LogP contribution < -0.4 is 5.32 Å². The first-order valence-electron chi connectivity index (χ1n) is 3.83. The van der Waals surface area contributed by atoms with Gasteiger partial charge in [0.1, 0.15) is 10.9 Å². The van der Waals surface area contributed by atoms with E-state index < -0.39 is 23.1 Å². The van der Waals surface area contributed by atoms with Crippen LogP contribution in [0.2, 0.25) is 0 Å². The van der Waals surface area contributed by atoms with Gasteiger partial charge in [-0.1, -0.05) is 11.3 Å². The molecule has 1 aromatic rings. The normalized spacial score (nSPS) is 13.6. The van der Waals surface area contributed by atoms with Crippen molar-refractivity contribution in [1.82, 2.24) is 4.98 Å². The van der Waals surface area contributed by atoms with E-state index in [1.54, 1.807) is 0 Å². The van der Waals surface area contributed by atoms with E-state index >= 15 is 0 Å². The number of carboxylic acids is 1. The fourth-order valence-corrected chi connectivity index (χ4v) is 1.49. The molecule has 1 rings (SSSR count). The van der Waals surface area contributed by atoms with Crippen molar-refractivity contribution in [3.8, 4) is 0 Å². The molecule has 0 radical (unpaired) electrons. The Balaban J connectivity index is 2.73. The number of carbonyl (C=O) groups is 1. The Labute approximate surface area is 86.8 Å². The van der Waals surface area contributed by atoms with Crippen LogP contribution in [0.4, 0.5) is 18.3 Å². The minimum atomic E-state index is -4.44. The van der Waals surface area contributed by atoms with E-state index in [1.165, 1.54) is 6.92 Å². The Morgan fingerprint density at radius 1 is 1.67 bits per heavy atom. The van der Waals surface area contributed by atoms with E-state index in [-0.39, 0.29) is 5.13 Å². The van der Waals surface area contributed by atoms with Gasteiger partial charge in [-0.15, -0.1) is 0 Å². The summed E-state index contributed by atoms with van der Waals surface area (Å²) in [5, 5.41) is 10.8. The highest BCUT2D eigenvalue weighted by atomic mass is 32.1. The van der Waals surface area contributed by atoms with Gasteiger partial charge < -0.3 is 10.4 Å². The van der Waals surface area contributed by atoms with Gasteiger partial charge in [-0.25, -0.2) is 4.98 Å². The molecule has 0 amide bonds. The molecule has 1 aromatic heterocycles. The number of alkyl halides is 3. The molecule has 84 valence electrons. The fourth-order valence-electron chi connectivity index (χ4n) is 0.719. The SMILES string of the molecule is CC(Nc1ncc(C(F)(F)F)s1)C(=O)O. The topological polar surface area (TPSA) is 62.2 Å². The lowest BCUT2D eigenvalue weighted by Crippen LogP contribution is -2.25. The third kappa shape index (κ3) is 3.08. The van der Waals surface area contributed by atoms with Gasteiger partial charge in [-0.3, -0.25) is 4.79 Å².